The molecule has 2 rings (SSSR count). The number of hydrogen-bond donors (Lipinski definition) is 0. The molecule has 0 amide bonds. The average molecular weight is 719 g/mol. The van der Waals surface area contributed by atoms with Gasteiger partial charge in [0.2, 0.25) is 0 Å². The lowest BCUT2D eigenvalue weighted by atomic mass is 9.71. The van der Waals surface area contributed by atoms with E-state index in [-0.39, 0.29) is 34.0 Å². The molecule has 0 saturated heterocycles. The zero-order valence-corrected chi connectivity index (χ0v) is 33.7. The van der Waals surface area contributed by atoms with Crippen molar-refractivity contribution < 1.29 is 42.9 Å². The van der Waals surface area contributed by atoms with Crippen LogP contribution in [-0.4, -0.2) is 63.3 Å². The fourth-order valence-corrected chi connectivity index (χ4v) is 8.72. The first-order valence-electron chi connectivity index (χ1n) is 17.5. The van der Waals surface area contributed by atoms with Gasteiger partial charge in [-0.1, -0.05) is 63.8 Å². The molecule has 0 heterocycles. The lowest BCUT2D eigenvalue weighted by Gasteiger charge is -2.36. The van der Waals surface area contributed by atoms with E-state index in [2.05, 4.69) is 83.6 Å². The fourth-order valence-electron chi connectivity index (χ4n) is 8.72. The molecule has 2 nitrogen and oxygen atoms in total. The van der Waals surface area contributed by atoms with Gasteiger partial charge in [0, 0.05) is 11.8 Å². The fraction of sp³-hybridized carbons (Fsp3) is 0.895. The zero-order chi connectivity index (χ0) is 30.2. The summed E-state index contributed by atoms with van der Waals surface area (Å²) in [6, 6.07) is 0. The Morgan fingerprint density at radius 3 is 1.24 bits per heavy atom. The number of hydrogen-bond acceptors (Lipinski definition) is 0. The highest BCUT2D eigenvalue weighted by molar-refractivity contribution is 5.23. The van der Waals surface area contributed by atoms with E-state index in [9.17, 15) is 0 Å². The smallest absolute Gasteiger partial charge is 0.0808 e. The molecule has 0 aromatic heterocycles. The van der Waals surface area contributed by atoms with E-state index >= 15 is 0 Å². The van der Waals surface area contributed by atoms with Crippen LogP contribution in [0.1, 0.15) is 145 Å². The maximum atomic E-state index is 2.50. The quantitative estimate of drug-likeness (QED) is 0.117. The first-order chi connectivity index (χ1) is 18.4. The molecule has 0 fully saturated rings. The number of quaternary nitrogens is 2. The minimum Gasteiger partial charge on any atom is -1.00 e. The summed E-state index contributed by atoms with van der Waals surface area (Å²) >= 11 is 0. The summed E-state index contributed by atoms with van der Waals surface area (Å²) in [6.45, 7) is 25.0. The minimum absolute atomic E-state index is 0. The van der Waals surface area contributed by atoms with Crippen molar-refractivity contribution in [3.63, 3.8) is 0 Å². The molecule has 0 radical (unpaired) electrons. The summed E-state index contributed by atoms with van der Waals surface area (Å²) in [7, 11) is 9.88. The Balaban J connectivity index is 0.00000840. The average Bonchev–Trinajstić information content (AvgIpc) is 2.79. The Kier molecular flexibility index (Phi) is 18.7. The molecule has 2 atom stereocenters. The van der Waals surface area contributed by atoms with Gasteiger partial charge in [0.15, 0.2) is 0 Å². The molecule has 4 heteroatoms. The van der Waals surface area contributed by atoms with Crippen molar-refractivity contribution in [2.24, 2.45) is 22.7 Å². The van der Waals surface area contributed by atoms with E-state index in [4.69, 9.17) is 0 Å². The topological polar surface area (TPSA) is 0 Å². The maximum absolute atomic E-state index is 2.50. The summed E-state index contributed by atoms with van der Waals surface area (Å²) in [4.78, 5) is 0. The molecule has 0 N–H and O–H groups in total. The largest absolute Gasteiger partial charge is 1.00 e. The van der Waals surface area contributed by atoms with Gasteiger partial charge in [0.05, 0.1) is 54.4 Å². The minimum atomic E-state index is 0. The van der Waals surface area contributed by atoms with Crippen molar-refractivity contribution in [1.29, 1.82) is 0 Å². The SMILES string of the molecule is CC1=C(CCC(C)C[N+](C)(C)CCCCCC[N+](C)(C)CC(C)CCC2=C(C)CCCC2(C)C)C(C)(C)CCC1.[Br-].[Br-]. The van der Waals surface area contributed by atoms with Crippen LogP contribution in [0.4, 0.5) is 0 Å². The molecule has 250 valence electrons. The predicted octanol–water partition coefficient (Wildman–Crippen LogP) is 4.59. The van der Waals surface area contributed by atoms with Gasteiger partial charge in [-0.25, -0.2) is 0 Å². The molecular formula is C38H74Br2N2. The Morgan fingerprint density at radius 1 is 0.595 bits per heavy atom. The summed E-state index contributed by atoms with van der Waals surface area (Å²) in [5.74, 6) is 1.61. The maximum Gasteiger partial charge on any atom is 0.0808 e. The van der Waals surface area contributed by atoms with Crippen LogP contribution in [0.15, 0.2) is 22.3 Å². The number of rotatable bonds is 17. The molecule has 0 saturated carbocycles. The molecule has 2 unspecified atom stereocenters. The van der Waals surface area contributed by atoms with E-state index in [1.54, 1.807) is 22.3 Å². The number of allylic oxidation sites excluding steroid dienone is 4. The third-order valence-corrected chi connectivity index (χ3v) is 11.0. The van der Waals surface area contributed by atoms with Gasteiger partial charge in [0.25, 0.3) is 0 Å². The molecule has 0 spiro atoms. The van der Waals surface area contributed by atoms with Crippen LogP contribution in [0.5, 0.6) is 0 Å². The summed E-state index contributed by atoms with van der Waals surface area (Å²) in [6.07, 6.45) is 19.1. The second-order valence-corrected chi connectivity index (χ2v) is 17.4. The molecule has 0 aliphatic heterocycles. The van der Waals surface area contributed by atoms with Gasteiger partial charge in [-0.3, -0.25) is 0 Å². The zero-order valence-electron chi connectivity index (χ0n) is 30.5. The second kappa shape index (κ2) is 18.5. The van der Waals surface area contributed by atoms with Gasteiger partial charge in [0.1, 0.15) is 0 Å². The number of halogens is 2. The van der Waals surface area contributed by atoms with Crippen molar-refractivity contribution >= 4 is 0 Å². The normalized spacial score (nSPS) is 20.6. The molecule has 0 aromatic rings. The Labute approximate surface area is 286 Å². The molecule has 0 aromatic carbocycles. The predicted molar refractivity (Wildman–Crippen MR) is 180 cm³/mol. The van der Waals surface area contributed by atoms with E-state index in [1.165, 1.54) is 125 Å². The third-order valence-electron chi connectivity index (χ3n) is 11.0. The van der Waals surface area contributed by atoms with Gasteiger partial charge >= 0.3 is 0 Å². The van der Waals surface area contributed by atoms with E-state index < -0.39 is 0 Å². The molecule has 2 aliphatic rings. The summed E-state index contributed by atoms with van der Waals surface area (Å²) < 4.78 is 2.38. The highest BCUT2D eigenvalue weighted by Gasteiger charge is 2.30. The van der Waals surface area contributed by atoms with Gasteiger partial charge < -0.3 is 42.9 Å². The first-order valence-corrected chi connectivity index (χ1v) is 17.5. The van der Waals surface area contributed by atoms with E-state index in [1.807, 2.05) is 0 Å². The van der Waals surface area contributed by atoms with Crippen LogP contribution in [0.25, 0.3) is 0 Å². The Hall–Kier alpha value is 0.360. The van der Waals surface area contributed by atoms with Crippen LogP contribution >= 0.6 is 0 Å². The standard InChI is InChI=1S/C38H74N2.2BrH/c1-31(21-23-35-33(3)19-17-25-37(35,5)6)29-39(9,10)27-15-13-14-16-28-40(11,12)30-32(2)22-24-36-34(4)20-18-26-38(36,7)8;;/h31-32H,13-30H2,1-12H3;2*1H/q+2;;/p-2. The summed E-state index contributed by atoms with van der Waals surface area (Å²) in [5, 5.41) is 0. The molecular weight excluding hydrogens is 644 g/mol. The Morgan fingerprint density at radius 2 is 0.929 bits per heavy atom. The van der Waals surface area contributed by atoms with Gasteiger partial charge in [-0.15, -0.1) is 0 Å². The van der Waals surface area contributed by atoms with Crippen LogP contribution < -0.4 is 34.0 Å². The van der Waals surface area contributed by atoms with Crippen molar-refractivity contribution in [2.75, 3.05) is 54.4 Å². The van der Waals surface area contributed by atoms with Gasteiger partial charge in [-0.2, -0.15) is 0 Å². The summed E-state index contributed by atoms with van der Waals surface area (Å²) in [5.41, 5.74) is 7.83. The van der Waals surface area contributed by atoms with E-state index in [0.29, 0.717) is 10.8 Å². The van der Waals surface area contributed by atoms with Crippen molar-refractivity contribution in [3.05, 3.63) is 22.3 Å². The van der Waals surface area contributed by atoms with Crippen molar-refractivity contribution in [2.45, 2.75) is 145 Å². The molecule has 42 heavy (non-hydrogen) atoms. The lowest BCUT2D eigenvalue weighted by molar-refractivity contribution is -0.894. The van der Waals surface area contributed by atoms with Gasteiger partial charge in [-0.05, 0) is 115 Å². The monoisotopic (exact) mass is 716 g/mol. The van der Waals surface area contributed by atoms with Crippen LogP contribution in [0.2, 0.25) is 0 Å². The number of nitrogens with zero attached hydrogens (tertiary/aromatic N) is 2. The van der Waals surface area contributed by atoms with Crippen molar-refractivity contribution in [1.82, 2.24) is 0 Å². The molecule has 2 aliphatic carbocycles. The van der Waals surface area contributed by atoms with Crippen LogP contribution in [0, 0.1) is 22.7 Å². The number of unbranched alkanes of at least 4 members (excludes halogenated alkanes) is 3. The Bertz CT molecular complexity index is 779. The van der Waals surface area contributed by atoms with Crippen molar-refractivity contribution in [3.8, 4) is 0 Å². The van der Waals surface area contributed by atoms with Crippen LogP contribution in [0.3, 0.4) is 0 Å². The van der Waals surface area contributed by atoms with E-state index in [0.717, 1.165) is 11.8 Å². The highest BCUT2D eigenvalue weighted by Crippen LogP contribution is 2.43. The van der Waals surface area contributed by atoms with Crippen LogP contribution in [-0.2, 0) is 0 Å². The highest BCUT2D eigenvalue weighted by atomic mass is 79.9. The molecule has 0 bridgehead atoms. The third kappa shape index (κ3) is 14.6. The first kappa shape index (κ1) is 42.4. The second-order valence-electron chi connectivity index (χ2n) is 17.4. The lowest BCUT2D eigenvalue weighted by Crippen LogP contribution is -3.00.